The molecule has 150 valence electrons. The quantitative estimate of drug-likeness (QED) is 0.212. The second kappa shape index (κ2) is 18.5. The first-order chi connectivity index (χ1) is 12.6. The molecule has 0 heterocycles. The van der Waals surface area contributed by atoms with Crippen molar-refractivity contribution >= 4 is 5.97 Å². The van der Waals surface area contributed by atoms with E-state index in [1.54, 1.807) is 0 Å². The second-order valence-electron chi connectivity index (χ2n) is 7.66. The lowest BCUT2D eigenvalue weighted by Crippen LogP contribution is -2.15. The van der Waals surface area contributed by atoms with Crippen LogP contribution in [0.5, 0.6) is 0 Å². The molecule has 0 aromatic rings. The molecule has 0 aliphatic rings. The van der Waals surface area contributed by atoms with Crippen LogP contribution >= 0.6 is 0 Å². The van der Waals surface area contributed by atoms with Gasteiger partial charge in [0, 0.05) is 0 Å². The van der Waals surface area contributed by atoms with E-state index in [1.807, 2.05) is 0 Å². The van der Waals surface area contributed by atoms with Crippen LogP contribution in [0.25, 0.3) is 0 Å². The van der Waals surface area contributed by atoms with E-state index in [2.05, 4.69) is 57.2 Å². The van der Waals surface area contributed by atoms with E-state index < -0.39 is 5.97 Å². The Hall–Kier alpha value is -1.31. The van der Waals surface area contributed by atoms with Crippen molar-refractivity contribution in [1.29, 1.82) is 0 Å². The number of hydrogen-bond donors (Lipinski definition) is 1. The van der Waals surface area contributed by atoms with Crippen molar-refractivity contribution in [2.24, 2.45) is 11.8 Å². The molecule has 0 radical (unpaired) electrons. The largest absolute Gasteiger partial charge is 0.481 e. The fraction of sp³-hybridized carbons (Fsp3) is 0.708. The molecule has 2 heteroatoms. The average molecular weight is 363 g/mol. The van der Waals surface area contributed by atoms with Crippen molar-refractivity contribution < 1.29 is 9.90 Å². The number of rotatable bonds is 17. The Morgan fingerprint density at radius 3 is 1.92 bits per heavy atom. The topological polar surface area (TPSA) is 37.3 Å². The number of aliphatic carboxylic acids is 1. The van der Waals surface area contributed by atoms with Gasteiger partial charge in [-0.05, 0) is 50.9 Å². The first-order valence-corrected chi connectivity index (χ1v) is 10.8. The minimum atomic E-state index is -0.613. The molecule has 0 amide bonds. The van der Waals surface area contributed by atoms with E-state index in [0.29, 0.717) is 5.92 Å². The van der Waals surface area contributed by atoms with Crippen molar-refractivity contribution in [2.45, 2.75) is 97.8 Å². The maximum Gasteiger partial charge on any atom is 0.306 e. The third-order valence-electron chi connectivity index (χ3n) is 4.56. The van der Waals surface area contributed by atoms with E-state index in [9.17, 15) is 9.90 Å². The first kappa shape index (κ1) is 24.7. The molecule has 1 unspecified atom stereocenters. The molecule has 1 atom stereocenters. The Morgan fingerprint density at radius 1 is 0.808 bits per heavy atom. The van der Waals surface area contributed by atoms with Crippen LogP contribution in [-0.2, 0) is 4.79 Å². The smallest absolute Gasteiger partial charge is 0.306 e. The molecule has 0 bridgehead atoms. The summed E-state index contributed by atoms with van der Waals surface area (Å²) >= 11 is 0. The Labute approximate surface area is 162 Å². The van der Waals surface area contributed by atoms with Gasteiger partial charge in [0.2, 0.25) is 0 Å². The van der Waals surface area contributed by atoms with Crippen molar-refractivity contribution in [3.05, 3.63) is 36.5 Å². The second-order valence-corrected chi connectivity index (χ2v) is 7.66. The minimum absolute atomic E-state index is 0.142. The molecule has 0 saturated heterocycles. The Balaban J connectivity index is 3.46. The van der Waals surface area contributed by atoms with Crippen LogP contribution in [0.1, 0.15) is 97.8 Å². The zero-order valence-electron chi connectivity index (χ0n) is 17.5. The third kappa shape index (κ3) is 17.5. The zero-order valence-corrected chi connectivity index (χ0v) is 17.5. The van der Waals surface area contributed by atoms with Gasteiger partial charge >= 0.3 is 5.97 Å². The third-order valence-corrected chi connectivity index (χ3v) is 4.56. The van der Waals surface area contributed by atoms with Crippen LogP contribution in [0.15, 0.2) is 36.5 Å². The van der Waals surface area contributed by atoms with Gasteiger partial charge in [0.05, 0.1) is 5.92 Å². The van der Waals surface area contributed by atoms with Gasteiger partial charge in [-0.25, -0.2) is 0 Å². The van der Waals surface area contributed by atoms with Crippen LogP contribution in [0.2, 0.25) is 0 Å². The summed E-state index contributed by atoms with van der Waals surface area (Å²) in [4.78, 5) is 11.2. The number of carboxylic acid groups (broad SMARTS) is 1. The number of carbonyl (C=O) groups is 1. The zero-order chi connectivity index (χ0) is 19.5. The maximum atomic E-state index is 11.2. The van der Waals surface area contributed by atoms with Gasteiger partial charge in [0.15, 0.2) is 0 Å². The average Bonchev–Trinajstić information content (AvgIpc) is 2.59. The standard InChI is InChI=1S/C24H42O2/c1-4-5-6-7-8-9-10-11-12-13-14-15-16-17-18-19-20-23(24(25)26)21-22(2)3/h5-6,8-9,11-12,22-23H,4,7,10,13-21H2,1-3H3,(H,25,26)/b6-5+,9-8+,12-11+. The van der Waals surface area contributed by atoms with Gasteiger partial charge in [-0.15, -0.1) is 0 Å². The van der Waals surface area contributed by atoms with Crippen LogP contribution in [0.3, 0.4) is 0 Å². The molecule has 0 aromatic carbocycles. The molecule has 0 rings (SSSR count). The summed E-state index contributed by atoms with van der Waals surface area (Å²) < 4.78 is 0. The summed E-state index contributed by atoms with van der Waals surface area (Å²) in [5.41, 5.74) is 0. The number of unbranched alkanes of at least 4 members (excludes halogenated alkanes) is 6. The van der Waals surface area contributed by atoms with Crippen molar-refractivity contribution in [1.82, 2.24) is 0 Å². The predicted octanol–water partition coefficient (Wildman–Crippen LogP) is 7.71. The van der Waals surface area contributed by atoms with E-state index in [-0.39, 0.29) is 5.92 Å². The van der Waals surface area contributed by atoms with Gasteiger partial charge in [-0.2, -0.15) is 0 Å². The molecule has 26 heavy (non-hydrogen) atoms. The maximum absolute atomic E-state index is 11.2. The Kier molecular flexibility index (Phi) is 17.5. The van der Waals surface area contributed by atoms with E-state index in [4.69, 9.17) is 0 Å². The molecule has 2 nitrogen and oxygen atoms in total. The molecule has 0 aromatic heterocycles. The fourth-order valence-electron chi connectivity index (χ4n) is 3.10. The van der Waals surface area contributed by atoms with Crippen molar-refractivity contribution in [3.63, 3.8) is 0 Å². The summed E-state index contributed by atoms with van der Waals surface area (Å²) in [6.07, 6.45) is 26.8. The van der Waals surface area contributed by atoms with Crippen LogP contribution in [0.4, 0.5) is 0 Å². The van der Waals surface area contributed by atoms with E-state index in [1.165, 1.54) is 38.5 Å². The van der Waals surface area contributed by atoms with E-state index >= 15 is 0 Å². The summed E-state index contributed by atoms with van der Waals surface area (Å²) in [6, 6.07) is 0. The van der Waals surface area contributed by atoms with Crippen molar-refractivity contribution in [2.75, 3.05) is 0 Å². The van der Waals surface area contributed by atoms with Crippen molar-refractivity contribution in [3.8, 4) is 0 Å². The molecular formula is C24H42O2. The summed E-state index contributed by atoms with van der Waals surface area (Å²) in [5.74, 6) is -0.285. The first-order valence-electron chi connectivity index (χ1n) is 10.8. The molecular weight excluding hydrogens is 320 g/mol. The van der Waals surface area contributed by atoms with Gasteiger partial charge in [0.1, 0.15) is 0 Å². The molecule has 0 aliphatic heterocycles. The Bertz CT molecular complexity index is 404. The van der Waals surface area contributed by atoms with E-state index in [0.717, 1.165) is 38.5 Å². The molecule has 0 spiro atoms. The highest BCUT2D eigenvalue weighted by atomic mass is 16.4. The molecule has 0 fully saturated rings. The number of hydrogen-bond acceptors (Lipinski definition) is 1. The normalized spacial score (nSPS) is 13.5. The SMILES string of the molecule is CC/C=C/C/C=C/C/C=C/CCCCCCCCC(CC(C)C)C(=O)O. The lowest BCUT2D eigenvalue weighted by atomic mass is 9.92. The highest BCUT2D eigenvalue weighted by Crippen LogP contribution is 2.19. The lowest BCUT2D eigenvalue weighted by Gasteiger charge is -2.14. The molecule has 0 aliphatic carbocycles. The summed E-state index contributed by atoms with van der Waals surface area (Å²) in [7, 11) is 0. The van der Waals surface area contributed by atoms with Gasteiger partial charge in [0.25, 0.3) is 0 Å². The highest BCUT2D eigenvalue weighted by Gasteiger charge is 2.17. The van der Waals surface area contributed by atoms with Gasteiger partial charge in [-0.3, -0.25) is 4.79 Å². The lowest BCUT2D eigenvalue weighted by molar-refractivity contribution is -0.142. The fourth-order valence-corrected chi connectivity index (χ4v) is 3.10. The number of carboxylic acids is 1. The van der Waals surface area contributed by atoms with Gasteiger partial charge < -0.3 is 5.11 Å². The summed E-state index contributed by atoms with van der Waals surface area (Å²) in [5, 5.41) is 9.23. The van der Waals surface area contributed by atoms with Crippen LogP contribution in [0, 0.1) is 11.8 Å². The van der Waals surface area contributed by atoms with Gasteiger partial charge in [-0.1, -0.05) is 89.3 Å². The summed E-state index contributed by atoms with van der Waals surface area (Å²) in [6.45, 7) is 6.36. The molecule has 1 N–H and O–H groups in total. The monoisotopic (exact) mass is 362 g/mol. The molecule has 0 saturated carbocycles. The Morgan fingerprint density at radius 2 is 1.35 bits per heavy atom. The predicted molar refractivity (Wildman–Crippen MR) is 114 cm³/mol. The van der Waals surface area contributed by atoms with Crippen LogP contribution < -0.4 is 0 Å². The highest BCUT2D eigenvalue weighted by molar-refractivity contribution is 5.69. The number of allylic oxidation sites excluding steroid dienone is 6. The van der Waals surface area contributed by atoms with Crippen LogP contribution in [-0.4, -0.2) is 11.1 Å². The minimum Gasteiger partial charge on any atom is -0.481 e.